The van der Waals surface area contributed by atoms with Crippen LogP contribution in [0.3, 0.4) is 0 Å². The van der Waals surface area contributed by atoms with E-state index in [0.717, 1.165) is 13.1 Å². The van der Waals surface area contributed by atoms with Crippen LogP contribution < -0.4 is 5.32 Å². The molecule has 1 aliphatic rings. The first-order valence-electron chi connectivity index (χ1n) is 7.81. The van der Waals surface area contributed by atoms with Crippen molar-refractivity contribution in [3.63, 3.8) is 0 Å². The van der Waals surface area contributed by atoms with E-state index in [2.05, 4.69) is 66.6 Å². The van der Waals surface area contributed by atoms with Gasteiger partial charge in [-0.3, -0.25) is 0 Å². The zero-order valence-electron chi connectivity index (χ0n) is 13.2. The molecule has 0 saturated carbocycles. The third-order valence-electron chi connectivity index (χ3n) is 4.45. The van der Waals surface area contributed by atoms with Gasteiger partial charge >= 0.3 is 0 Å². The topological polar surface area (TPSA) is 18.5 Å². The van der Waals surface area contributed by atoms with E-state index in [-0.39, 0.29) is 0 Å². The predicted molar refractivity (Wildman–Crippen MR) is 86.0 cm³/mol. The molecule has 0 aliphatic carbocycles. The first-order valence-corrected chi connectivity index (χ1v) is 7.81. The van der Waals surface area contributed by atoms with Crippen LogP contribution in [0.25, 0.3) is 0 Å². The van der Waals surface area contributed by atoms with Gasteiger partial charge in [-0.05, 0) is 46.1 Å². The number of hydrogen-bond donors (Lipinski definition) is 1. The Morgan fingerprint density at radius 3 is 2.65 bits per heavy atom. The maximum atomic E-state index is 3.68. The zero-order valence-corrected chi connectivity index (χ0v) is 13.2. The molecule has 1 aliphatic heterocycles. The molecule has 2 unspecified atom stereocenters. The monoisotopic (exact) mass is 275 g/mol. The van der Waals surface area contributed by atoms with E-state index in [1.165, 1.54) is 31.4 Å². The van der Waals surface area contributed by atoms with Crippen LogP contribution in [0.4, 0.5) is 0 Å². The molecule has 0 bridgehead atoms. The van der Waals surface area contributed by atoms with Crippen molar-refractivity contribution in [3.05, 3.63) is 35.9 Å². The van der Waals surface area contributed by atoms with Gasteiger partial charge in [0.2, 0.25) is 0 Å². The molecule has 3 heteroatoms. The lowest BCUT2D eigenvalue weighted by Crippen LogP contribution is -2.44. The Morgan fingerprint density at radius 1 is 1.25 bits per heavy atom. The average Bonchev–Trinajstić information content (AvgIpc) is 2.46. The normalized spacial score (nSPS) is 22.1. The fourth-order valence-electron chi connectivity index (χ4n) is 3.06. The molecule has 20 heavy (non-hydrogen) atoms. The summed E-state index contributed by atoms with van der Waals surface area (Å²) in [5, 5.41) is 3.68. The van der Waals surface area contributed by atoms with Crippen LogP contribution in [-0.2, 0) is 0 Å². The van der Waals surface area contributed by atoms with Gasteiger partial charge < -0.3 is 15.1 Å². The zero-order chi connectivity index (χ0) is 14.4. The van der Waals surface area contributed by atoms with E-state index >= 15 is 0 Å². The fraction of sp³-hybridized carbons (Fsp3) is 0.647. The minimum Gasteiger partial charge on any atom is -0.313 e. The van der Waals surface area contributed by atoms with Crippen molar-refractivity contribution in [1.29, 1.82) is 0 Å². The van der Waals surface area contributed by atoms with Crippen molar-refractivity contribution >= 4 is 0 Å². The summed E-state index contributed by atoms with van der Waals surface area (Å²) in [5.41, 5.74) is 1.39. The van der Waals surface area contributed by atoms with E-state index in [4.69, 9.17) is 0 Å². The molecule has 2 rings (SSSR count). The Bertz CT molecular complexity index is 377. The van der Waals surface area contributed by atoms with Gasteiger partial charge in [-0.15, -0.1) is 0 Å². The van der Waals surface area contributed by atoms with Crippen LogP contribution in [0, 0.1) is 0 Å². The summed E-state index contributed by atoms with van der Waals surface area (Å²) in [6.45, 7) is 3.37. The van der Waals surface area contributed by atoms with Crippen LogP contribution in [-0.4, -0.2) is 56.6 Å². The van der Waals surface area contributed by atoms with Crippen molar-refractivity contribution in [3.8, 4) is 0 Å². The molecule has 0 amide bonds. The quantitative estimate of drug-likeness (QED) is 0.860. The van der Waals surface area contributed by atoms with Gasteiger partial charge in [-0.25, -0.2) is 0 Å². The van der Waals surface area contributed by atoms with Crippen molar-refractivity contribution < 1.29 is 0 Å². The van der Waals surface area contributed by atoms with Gasteiger partial charge in [0, 0.05) is 25.2 Å². The van der Waals surface area contributed by atoms with Gasteiger partial charge in [-0.2, -0.15) is 0 Å². The van der Waals surface area contributed by atoms with Gasteiger partial charge in [0.05, 0.1) is 0 Å². The van der Waals surface area contributed by atoms with Gasteiger partial charge in [-0.1, -0.05) is 36.8 Å². The Hall–Kier alpha value is -0.900. The molecule has 1 fully saturated rings. The minimum atomic E-state index is 0.449. The smallest absolute Gasteiger partial charge is 0.0466 e. The molecule has 2 atom stereocenters. The third-order valence-corrected chi connectivity index (χ3v) is 4.45. The van der Waals surface area contributed by atoms with Gasteiger partial charge in [0.25, 0.3) is 0 Å². The minimum absolute atomic E-state index is 0.449. The number of hydrogen-bond acceptors (Lipinski definition) is 3. The summed E-state index contributed by atoms with van der Waals surface area (Å²) >= 11 is 0. The Balaban J connectivity index is 1.84. The van der Waals surface area contributed by atoms with E-state index in [1.54, 1.807) is 0 Å². The molecule has 1 saturated heterocycles. The Kier molecular flexibility index (Phi) is 6.02. The van der Waals surface area contributed by atoms with E-state index in [1.807, 2.05) is 0 Å². The van der Waals surface area contributed by atoms with Crippen molar-refractivity contribution in [2.75, 3.05) is 40.8 Å². The van der Waals surface area contributed by atoms with Gasteiger partial charge in [0.1, 0.15) is 0 Å². The number of likely N-dealkylation sites (tertiary alicyclic amines) is 1. The molecule has 1 heterocycles. The summed E-state index contributed by atoms with van der Waals surface area (Å²) in [4.78, 5) is 4.80. The van der Waals surface area contributed by atoms with Crippen molar-refractivity contribution in [1.82, 2.24) is 15.1 Å². The van der Waals surface area contributed by atoms with Crippen LogP contribution >= 0.6 is 0 Å². The predicted octanol–water partition coefficient (Wildman–Crippen LogP) is 2.36. The number of benzene rings is 1. The highest BCUT2D eigenvalue weighted by atomic mass is 15.2. The van der Waals surface area contributed by atoms with Crippen LogP contribution in [0.2, 0.25) is 0 Å². The van der Waals surface area contributed by atoms with Crippen molar-refractivity contribution in [2.24, 2.45) is 0 Å². The molecule has 1 aromatic carbocycles. The number of rotatable bonds is 6. The Labute approximate surface area is 124 Å². The lowest BCUT2D eigenvalue weighted by Gasteiger charge is -2.33. The molecule has 0 aromatic heterocycles. The molecule has 0 spiro atoms. The van der Waals surface area contributed by atoms with Crippen molar-refractivity contribution in [2.45, 2.75) is 31.3 Å². The van der Waals surface area contributed by atoms with E-state index in [0.29, 0.717) is 12.1 Å². The summed E-state index contributed by atoms with van der Waals surface area (Å²) in [6.07, 6.45) is 4.07. The number of likely N-dealkylation sites (N-methyl/N-ethyl adjacent to an activating group) is 2. The number of piperidine rings is 1. The SMILES string of the molecule is CN(C)C(CNCC1CCCCN1C)c1ccccc1. The summed E-state index contributed by atoms with van der Waals surface area (Å²) in [7, 11) is 6.57. The first-order chi connectivity index (χ1) is 9.68. The summed E-state index contributed by atoms with van der Waals surface area (Å²) < 4.78 is 0. The maximum Gasteiger partial charge on any atom is 0.0466 e. The molecule has 0 radical (unpaired) electrons. The largest absolute Gasteiger partial charge is 0.313 e. The lowest BCUT2D eigenvalue weighted by atomic mass is 10.0. The number of nitrogens with one attached hydrogen (secondary N) is 1. The molecule has 1 N–H and O–H groups in total. The molecular formula is C17H29N3. The molecular weight excluding hydrogens is 246 g/mol. The van der Waals surface area contributed by atoms with E-state index in [9.17, 15) is 0 Å². The highest BCUT2D eigenvalue weighted by Crippen LogP contribution is 2.18. The average molecular weight is 275 g/mol. The van der Waals surface area contributed by atoms with Crippen LogP contribution in [0.1, 0.15) is 30.9 Å². The lowest BCUT2D eigenvalue weighted by molar-refractivity contribution is 0.177. The summed E-state index contributed by atoms with van der Waals surface area (Å²) in [5.74, 6) is 0. The second-order valence-electron chi connectivity index (χ2n) is 6.18. The Morgan fingerprint density at radius 2 is 2.00 bits per heavy atom. The van der Waals surface area contributed by atoms with Crippen LogP contribution in [0.5, 0.6) is 0 Å². The second kappa shape index (κ2) is 7.77. The number of nitrogens with zero attached hydrogens (tertiary/aromatic N) is 2. The standard InChI is InChI=1S/C17H29N3/c1-19(2)17(15-9-5-4-6-10-15)14-18-13-16-11-7-8-12-20(16)3/h4-6,9-10,16-18H,7-8,11-14H2,1-3H3. The van der Waals surface area contributed by atoms with Gasteiger partial charge in [0.15, 0.2) is 0 Å². The fourth-order valence-corrected chi connectivity index (χ4v) is 3.06. The molecule has 3 nitrogen and oxygen atoms in total. The summed E-state index contributed by atoms with van der Waals surface area (Å²) in [6, 6.07) is 11.9. The highest BCUT2D eigenvalue weighted by molar-refractivity contribution is 5.19. The van der Waals surface area contributed by atoms with E-state index < -0.39 is 0 Å². The maximum absolute atomic E-state index is 3.68. The first kappa shape index (κ1) is 15.5. The third kappa shape index (κ3) is 4.30. The van der Waals surface area contributed by atoms with Crippen LogP contribution in [0.15, 0.2) is 30.3 Å². The highest BCUT2D eigenvalue weighted by Gasteiger charge is 2.19. The molecule has 112 valence electrons. The molecule has 1 aromatic rings. The second-order valence-corrected chi connectivity index (χ2v) is 6.18.